The van der Waals surface area contributed by atoms with Crippen LogP contribution >= 0.6 is 0 Å². The van der Waals surface area contributed by atoms with Gasteiger partial charge in [-0.1, -0.05) is 0 Å². The lowest BCUT2D eigenvalue weighted by Crippen LogP contribution is -2.17. The number of hydrogen-bond acceptors (Lipinski definition) is 6. The van der Waals surface area contributed by atoms with E-state index in [9.17, 15) is 18.5 Å². The normalized spacial score (nSPS) is 11.3. The predicted octanol–water partition coefficient (Wildman–Crippen LogP) is 1.02. The Hall–Kier alpha value is -2.62. The smallest absolute Gasteiger partial charge is 0.293 e. The SMILES string of the molecule is Cc1cc(N)c([N+](=O)[O-])cc1S(=O)(=O)Nc1ccnn1C. The summed E-state index contributed by atoms with van der Waals surface area (Å²) in [6, 6.07) is 3.68. The van der Waals surface area contributed by atoms with Gasteiger partial charge in [0.2, 0.25) is 0 Å². The Labute approximate surface area is 120 Å². The molecule has 0 saturated heterocycles. The van der Waals surface area contributed by atoms with Gasteiger partial charge in [0, 0.05) is 19.2 Å². The van der Waals surface area contributed by atoms with Crippen LogP contribution < -0.4 is 10.5 Å². The average molecular weight is 311 g/mol. The molecule has 2 aromatic rings. The van der Waals surface area contributed by atoms with Crippen LogP contribution in [-0.2, 0) is 17.1 Å². The van der Waals surface area contributed by atoms with Crippen molar-refractivity contribution in [1.29, 1.82) is 0 Å². The molecule has 0 aliphatic carbocycles. The van der Waals surface area contributed by atoms with Gasteiger partial charge >= 0.3 is 0 Å². The average Bonchev–Trinajstić information content (AvgIpc) is 2.73. The van der Waals surface area contributed by atoms with E-state index >= 15 is 0 Å². The van der Waals surface area contributed by atoms with Gasteiger partial charge in [-0.15, -0.1) is 0 Å². The van der Waals surface area contributed by atoms with E-state index in [2.05, 4.69) is 9.82 Å². The molecule has 0 aliphatic heterocycles. The Kier molecular flexibility index (Phi) is 3.56. The molecule has 1 heterocycles. The maximum atomic E-state index is 12.3. The number of nitrogens with zero attached hydrogens (tertiary/aromatic N) is 3. The van der Waals surface area contributed by atoms with Crippen molar-refractivity contribution < 1.29 is 13.3 Å². The summed E-state index contributed by atoms with van der Waals surface area (Å²) in [5, 5.41) is 14.7. The molecule has 0 spiro atoms. The molecule has 2 rings (SSSR count). The van der Waals surface area contributed by atoms with Gasteiger partial charge in [-0.25, -0.2) is 8.42 Å². The number of rotatable bonds is 4. The van der Waals surface area contributed by atoms with Gasteiger partial charge in [0.1, 0.15) is 11.5 Å². The van der Waals surface area contributed by atoms with Crippen LogP contribution in [0.25, 0.3) is 0 Å². The first-order valence-corrected chi connectivity index (χ1v) is 7.26. The van der Waals surface area contributed by atoms with Gasteiger partial charge in [0.25, 0.3) is 15.7 Å². The highest BCUT2D eigenvalue weighted by atomic mass is 32.2. The van der Waals surface area contributed by atoms with Gasteiger partial charge in [0.05, 0.1) is 16.0 Å². The second-order valence-corrected chi connectivity index (χ2v) is 6.03. The van der Waals surface area contributed by atoms with Crippen molar-refractivity contribution in [1.82, 2.24) is 9.78 Å². The zero-order valence-corrected chi connectivity index (χ0v) is 12.1. The number of sulfonamides is 1. The second-order valence-electron chi connectivity index (χ2n) is 4.38. The molecule has 1 aromatic heterocycles. The fraction of sp³-hybridized carbons (Fsp3) is 0.182. The summed E-state index contributed by atoms with van der Waals surface area (Å²) in [4.78, 5) is 9.95. The molecule has 21 heavy (non-hydrogen) atoms. The fourth-order valence-corrected chi connectivity index (χ4v) is 3.15. The highest BCUT2D eigenvalue weighted by molar-refractivity contribution is 7.92. The minimum atomic E-state index is -3.98. The van der Waals surface area contributed by atoms with E-state index in [1.807, 2.05) is 0 Å². The van der Waals surface area contributed by atoms with E-state index in [0.29, 0.717) is 5.56 Å². The zero-order valence-electron chi connectivity index (χ0n) is 11.3. The van der Waals surface area contributed by atoms with Gasteiger partial charge in [0.15, 0.2) is 0 Å². The number of benzene rings is 1. The van der Waals surface area contributed by atoms with E-state index in [0.717, 1.165) is 6.07 Å². The van der Waals surface area contributed by atoms with Crippen LogP contribution in [0.4, 0.5) is 17.2 Å². The molecular formula is C11H13N5O4S. The van der Waals surface area contributed by atoms with Crippen LogP contribution in [0.15, 0.2) is 29.3 Å². The number of nitrogens with one attached hydrogen (secondary N) is 1. The number of nitro groups is 1. The highest BCUT2D eigenvalue weighted by Gasteiger charge is 2.23. The standard InChI is InChI=1S/C11H13N5O4S/c1-7-5-8(12)9(16(17)18)6-10(7)21(19,20)14-11-3-4-13-15(11)2/h3-6,14H,12H2,1-2H3. The molecule has 3 N–H and O–H groups in total. The topological polar surface area (TPSA) is 133 Å². The number of nitro benzene ring substituents is 1. The Morgan fingerprint density at radius 2 is 2.10 bits per heavy atom. The molecule has 0 unspecified atom stereocenters. The number of nitrogen functional groups attached to an aromatic ring is 1. The molecule has 1 aromatic carbocycles. The maximum absolute atomic E-state index is 12.3. The van der Waals surface area contributed by atoms with E-state index in [-0.39, 0.29) is 16.4 Å². The monoisotopic (exact) mass is 311 g/mol. The second kappa shape index (κ2) is 5.05. The summed E-state index contributed by atoms with van der Waals surface area (Å²) in [6.45, 7) is 1.51. The first-order valence-electron chi connectivity index (χ1n) is 5.77. The zero-order chi connectivity index (χ0) is 15.8. The van der Waals surface area contributed by atoms with Crippen molar-refractivity contribution >= 4 is 27.2 Å². The Morgan fingerprint density at radius 3 is 2.62 bits per heavy atom. The quantitative estimate of drug-likeness (QED) is 0.492. The van der Waals surface area contributed by atoms with Crippen LogP contribution in [0.5, 0.6) is 0 Å². The summed E-state index contributed by atoms with van der Waals surface area (Å²) in [5.41, 5.74) is 5.30. The van der Waals surface area contributed by atoms with Crippen LogP contribution in [0.3, 0.4) is 0 Å². The summed E-state index contributed by atoms with van der Waals surface area (Å²) >= 11 is 0. The molecular weight excluding hydrogens is 298 g/mol. The number of aromatic nitrogens is 2. The van der Waals surface area contributed by atoms with Crippen molar-refractivity contribution in [3.05, 3.63) is 40.1 Å². The van der Waals surface area contributed by atoms with Crippen LogP contribution in [0, 0.1) is 17.0 Å². The van der Waals surface area contributed by atoms with Crippen LogP contribution in [-0.4, -0.2) is 23.1 Å². The molecule has 0 atom stereocenters. The summed E-state index contributed by atoms with van der Waals surface area (Å²) in [6.07, 6.45) is 1.43. The molecule has 10 heteroatoms. The highest BCUT2D eigenvalue weighted by Crippen LogP contribution is 2.29. The number of nitrogens with two attached hydrogens (primary N) is 1. The van der Waals surface area contributed by atoms with Crippen LogP contribution in [0.1, 0.15) is 5.56 Å². The van der Waals surface area contributed by atoms with Crippen molar-refractivity contribution in [2.24, 2.45) is 7.05 Å². The van der Waals surface area contributed by atoms with E-state index in [4.69, 9.17) is 5.73 Å². The molecule has 0 radical (unpaired) electrons. The number of aryl methyl sites for hydroxylation is 2. The maximum Gasteiger partial charge on any atom is 0.293 e. The lowest BCUT2D eigenvalue weighted by molar-refractivity contribution is -0.384. The first kappa shape index (κ1) is 14.8. The lowest BCUT2D eigenvalue weighted by Gasteiger charge is -2.11. The Balaban J connectivity index is 2.52. The van der Waals surface area contributed by atoms with Gasteiger partial charge in [-0.05, 0) is 18.6 Å². The summed E-state index contributed by atoms with van der Waals surface area (Å²) in [7, 11) is -2.41. The summed E-state index contributed by atoms with van der Waals surface area (Å²) < 4.78 is 28.3. The number of anilines is 2. The van der Waals surface area contributed by atoms with Gasteiger partial charge in [-0.2, -0.15) is 5.10 Å². The largest absolute Gasteiger partial charge is 0.393 e. The third-order valence-corrected chi connectivity index (χ3v) is 4.37. The van der Waals surface area contributed by atoms with Crippen LogP contribution in [0.2, 0.25) is 0 Å². The van der Waals surface area contributed by atoms with Gasteiger partial charge in [-0.3, -0.25) is 19.5 Å². The lowest BCUT2D eigenvalue weighted by atomic mass is 10.2. The molecule has 0 amide bonds. The van der Waals surface area contributed by atoms with Crippen molar-refractivity contribution in [3.8, 4) is 0 Å². The molecule has 0 fully saturated rings. The van der Waals surface area contributed by atoms with Crippen molar-refractivity contribution in [2.45, 2.75) is 11.8 Å². The minimum Gasteiger partial charge on any atom is -0.393 e. The first-order chi connectivity index (χ1) is 9.72. The molecule has 112 valence electrons. The Bertz CT molecular complexity index is 812. The van der Waals surface area contributed by atoms with Gasteiger partial charge < -0.3 is 5.73 Å². The summed E-state index contributed by atoms with van der Waals surface area (Å²) in [5.74, 6) is 0.244. The molecule has 0 saturated carbocycles. The molecule has 9 nitrogen and oxygen atoms in total. The van der Waals surface area contributed by atoms with E-state index in [1.54, 1.807) is 7.05 Å². The van der Waals surface area contributed by atoms with E-state index in [1.165, 1.54) is 29.9 Å². The number of hydrogen-bond donors (Lipinski definition) is 2. The molecule has 0 bridgehead atoms. The van der Waals surface area contributed by atoms with E-state index < -0.39 is 20.6 Å². The fourth-order valence-electron chi connectivity index (χ4n) is 1.81. The molecule has 0 aliphatic rings. The predicted molar refractivity (Wildman–Crippen MR) is 76.3 cm³/mol. The van der Waals surface area contributed by atoms with Crippen molar-refractivity contribution in [3.63, 3.8) is 0 Å². The van der Waals surface area contributed by atoms with Crippen molar-refractivity contribution in [2.75, 3.05) is 10.5 Å². The minimum absolute atomic E-state index is 0.0861. The third kappa shape index (κ3) is 2.79. The Morgan fingerprint density at radius 1 is 1.43 bits per heavy atom. The third-order valence-electron chi connectivity index (χ3n) is 2.87.